The maximum atomic E-state index is 11.8. The molecule has 0 aliphatic heterocycles. The van der Waals surface area contributed by atoms with Crippen molar-refractivity contribution in [1.29, 1.82) is 0 Å². The summed E-state index contributed by atoms with van der Waals surface area (Å²) in [6.07, 6.45) is 0. The molecule has 0 unspecified atom stereocenters. The number of phosphoric ester groups is 1. The molecule has 0 atom stereocenters. The average molecular weight is 536 g/mol. The molecule has 2 rings (SSSR count). The topological polar surface area (TPSA) is 194 Å². The zero-order valence-electron chi connectivity index (χ0n) is 19.9. The Bertz CT molecular complexity index is 1240. The molecule has 2 aromatic carbocycles. The molecule has 0 amide bonds. The number of carbonyl (C=O) groups is 4. The summed E-state index contributed by atoms with van der Waals surface area (Å²) < 4.78 is 24.4. The quantitative estimate of drug-likeness (QED) is 0.149. The number of phosphoric acid groups is 1. The molecule has 0 aliphatic carbocycles. The first-order valence-electron chi connectivity index (χ1n) is 10.2. The van der Waals surface area contributed by atoms with Crippen molar-refractivity contribution in [3.63, 3.8) is 0 Å². The summed E-state index contributed by atoms with van der Waals surface area (Å²) >= 11 is 0. The van der Waals surface area contributed by atoms with Crippen LogP contribution in [-0.4, -0.2) is 57.1 Å². The van der Waals surface area contributed by atoms with Gasteiger partial charge in [-0.3, -0.25) is 9.79 Å². The highest BCUT2D eigenvalue weighted by Gasteiger charge is 2.19. The summed E-state index contributed by atoms with van der Waals surface area (Å²) in [5.41, 5.74) is 0.895. The number of ether oxygens (including phenoxy) is 2. The van der Waals surface area contributed by atoms with Gasteiger partial charge in [0.15, 0.2) is 0 Å². The predicted octanol–water partition coefficient (Wildman–Crippen LogP) is 3.55. The number of carbonyl (C=O) groups excluding carboxylic acids is 2. The van der Waals surface area contributed by atoms with E-state index in [2.05, 4.69) is 17.7 Å². The van der Waals surface area contributed by atoms with Gasteiger partial charge in [-0.15, -0.1) is 0 Å². The van der Waals surface area contributed by atoms with Crippen molar-refractivity contribution in [2.24, 2.45) is 0 Å². The van der Waals surface area contributed by atoms with Gasteiger partial charge in [-0.25, -0.2) is 23.7 Å². The molecule has 0 saturated carbocycles. The fraction of sp³-hybridized carbons (Fsp3) is 0.167. The molecule has 0 aromatic heterocycles. The average Bonchev–Trinajstić information content (AvgIpc) is 2.80. The van der Waals surface area contributed by atoms with Crippen LogP contribution in [0.1, 0.15) is 50.5 Å². The van der Waals surface area contributed by atoms with Crippen LogP contribution in [0.3, 0.4) is 0 Å². The first-order valence-corrected chi connectivity index (χ1v) is 11.8. The van der Waals surface area contributed by atoms with Crippen molar-refractivity contribution >= 4 is 37.3 Å². The minimum absolute atomic E-state index is 0.126. The summed E-state index contributed by atoms with van der Waals surface area (Å²) in [5, 5.41) is 17.8. The van der Waals surface area contributed by atoms with Crippen LogP contribution in [0.25, 0.3) is 5.57 Å². The van der Waals surface area contributed by atoms with Crippen molar-refractivity contribution in [3.8, 4) is 5.75 Å². The molecule has 0 saturated heterocycles. The van der Waals surface area contributed by atoms with E-state index >= 15 is 0 Å². The standard InChI is InChI=1S/C15H14O8.C9H11O4P/c1-8(2)14(20)22-5-6-23-15(21)9-3-4-10(12(16)17)11(7-9)13(18)19;1-7(2)8-3-5-9(6-4-8)13-14(10,11)12/h3-4,7H,1,5-6H2,2H3,(H,16,17)(H,18,19);3-6H,1H2,2H3,(H2,10,11,12). The van der Waals surface area contributed by atoms with Gasteiger partial charge in [0.05, 0.1) is 16.7 Å². The maximum Gasteiger partial charge on any atom is 0.524 e. The Labute approximate surface area is 211 Å². The number of rotatable bonds is 10. The summed E-state index contributed by atoms with van der Waals surface area (Å²) in [5.74, 6) is -4.25. The van der Waals surface area contributed by atoms with Gasteiger partial charge in [0.1, 0.15) is 19.0 Å². The predicted molar refractivity (Wildman–Crippen MR) is 130 cm³/mol. The highest BCUT2D eigenvalue weighted by atomic mass is 31.2. The number of hydrogen-bond acceptors (Lipinski definition) is 8. The molecule has 4 N–H and O–H groups in total. The van der Waals surface area contributed by atoms with Crippen LogP contribution >= 0.6 is 7.82 Å². The van der Waals surface area contributed by atoms with E-state index in [-0.39, 0.29) is 30.1 Å². The van der Waals surface area contributed by atoms with Crippen LogP contribution in [0, 0.1) is 0 Å². The molecule has 2 aromatic rings. The highest BCUT2D eigenvalue weighted by molar-refractivity contribution is 7.46. The van der Waals surface area contributed by atoms with Crippen molar-refractivity contribution in [2.75, 3.05) is 13.2 Å². The Morgan fingerprint density at radius 1 is 0.811 bits per heavy atom. The fourth-order valence-corrected chi connectivity index (χ4v) is 2.84. The second-order valence-corrected chi connectivity index (χ2v) is 8.47. The Morgan fingerprint density at radius 2 is 1.32 bits per heavy atom. The smallest absolute Gasteiger partial charge is 0.478 e. The first-order chi connectivity index (χ1) is 17.1. The van der Waals surface area contributed by atoms with Crippen molar-refractivity contribution in [3.05, 3.63) is 83.4 Å². The third-order valence-corrected chi connectivity index (χ3v) is 4.63. The lowest BCUT2D eigenvalue weighted by Gasteiger charge is -2.08. The normalized spacial score (nSPS) is 10.3. The minimum Gasteiger partial charge on any atom is -0.478 e. The van der Waals surface area contributed by atoms with Gasteiger partial charge in [-0.1, -0.05) is 30.9 Å². The lowest BCUT2D eigenvalue weighted by molar-refractivity contribution is -0.140. The van der Waals surface area contributed by atoms with Crippen LogP contribution in [0.5, 0.6) is 5.75 Å². The van der Waals surface area contributed by atoms with Gasteiger partial charge in [0.2, 0.25) is 0 Å². The SMILES string of the molecule is C=C(C)C(=O)OCCOC(=O)c1ccc(C(=O)O)c(C(=O)O)c1.C=C(C)c1ccc(OP(=O)(O)O)cc1. The number of hydrogen-bond donors (Lipinski definition) is 4. The molecule has 0 heterocycles. The van der Waals surface area contributed by atoms with Gasteiger partial charge >= 0.3 is 31.7 Å². The lowest BCUT2D eigenvalue weighted by atomic mass is 10.0. The highest BCUT2D eigenvalue weighted by Crippen LogP contribution is 2.37. The maximum absolute atomic E-state index is 11.8. The molecule has 0 fully saturated rings. The van der Waals surface area contributed by atoms with E-state index in [0.29, 0.717) is 0 Å². The Morgan fingerprint density at radius 3 is 1.78 bits per heavy atom. The van der Waals surface area contributed by atoms with Gasteiger partial charge in [-0.2, -0.15) is 0 Å². The molecule has 12 nitrogen and oxygen atoms in total. The van der Waals surface area contributed by atoms with Crippen LogP contribution in [0.2, 0.25) is 0 Å². The second-order valence-electron chi connectivity index (χ2n) is 7.31. The van der Waals surface area contributed by atoms with Crippen molar-refractivity contribution < 1.29 is 57.7 Å². The van der Waals surface area contributed by atoms with Crippen LogP contribution in [0.15, 0.2) is 61.2 Å². The van der Waals surface area contributed by atoms with E-state index in [9.17, 15) is 23.7 Å². The zero-order chi connectivity index (χ0) is 28.3. The number of allylic oxidation sites excluding steroid dienone is 1. The van der Waals surface area contributed by atoms with Crippen molar-refractivity contribution in [1.82, 2.24) is 0 Å². The van der Waals surface area contributed by atoms with Gasteiger partial charge in [0, 0.05) is 5.57 Å². The monoisotopic (exact) mass is 536 g/mol. The molecule has 0 aliphatic rings. The van der Waals surface area contributed by atoms with Crippen molar-refractivity contribution in [2.45, 2.75) is 13.8 Å². The number of carboxylic acids is 2. The molecular weight excluding hydrogens is 511 g/mol. The van der Waals surface area contributed by atoms with E-state index in [1.54, 1.807) is 12.1 Å². The van der Waals surface area contributed by atoms with E-state index in [1.807, 2.05) is 6.92 Å². The Hall–Kier alpha value is -4.25. The van der Waals surface area contributed by atoms with E-state index in [1.165, 1.54) is 19.1 Å². The van der Waals surface area contributed by atoms with Gasteiger partial charge < -0.3 is 24.2 Å². The van der Waals surface area contributed by atoms with E-state index < -0.39 is 42.8 Å². The molecule has 0 bridgehead atoms. The minimum atomic E-state index is -4.45. The van der Waals surface area contributed by atoms with E-state index in [4.69, 9.17) is 29.5 Å². The Kier molecular flexibility index (Phi) is 11.4. The zero-order valence-corrected chi connectivity index (χ0v) is 20.8. The summed E-state index contributed by atoms with van der Waals surface area (Å²) in [7, 11) is -4.45. The van der Waals surface area contributed by atoms with E-state index in [0.717, 1.165) is 29.3 Å². The van der Waals surface area contributed by atoms with Crippen LogP contribution in [0.4, 0.5) is 0 Å². The third kappa shape index (κ3) is 10.9. The number of carboxylic acid groups (broad SMARTS) is 2. The third-order valence-electron chi connectivity index (χ3n) is 4.19. The second kappa shape index (κ2) is 13.7. The molecule has 13 heteroatoms. The lowest BCUT2D eigenvalue weighted by Crippen LogP contribution is -2.15. The summed E-state index contributed by atoms with van der Waals surface area (Å²) in [6.45, 7) is 10.0. The number of aromatic carboxylic acids is 2. The van der Waals surface area contributed by atoms with Crippen LogP contribution in [-0.2, 0) is 18.8 Å². The van der Waals surface area contributed by atoms with Gasteiger partial charge in [0.25, 0.3) is 0 Å². The molecule has 0 spiro atoms. The Balaban J connectivity index is 0.000000417. The summed E-state index contributed by atoms with van der Waals surface area (Å²) in [6, 6.07) is 9.41. The molecule has 0 radical (unpaired) electrons. The fourth-order valence-electron chi connectivity index (χ4n) is 2.45. The molecular formula is C24H25O12P. The molecule has 37 heavy (non-hydrogen) atoms. The summed E-state index contributed by atoms with van der Waals surface area (Å²) in [4.78, 5) is 61.8. The first kappa shape index (κ1) is 30.8. The van der Waals surface area contributed by atoms with Gasteiger partial charge in [-0.05, 0) is 49.7 Å². The largest absolute Gasteiger partial charge is 0.524 e. The molecule has 198 valence electrons. The number of benzene rings is 2. The van der Waals surface area contributed by atoms with Crippen LogP contribution < -0.4 is 4.52 Å². The number of esters is 2.